The van der Waals surface area contributed by atoms with E-state index in [1.54, 1.807) is 4.90 Å². The fraction of sp³-hybridized carbons (Fsp3) is 0.364. The van der Waals surface area contributed by atoms with Gasteiger partial charge in [0, 0.05) is 25.3 Å². The molecule has 0 bridgehead atoms. The highest BCUT2D eigenvalue weighted by Gasteiger charge is 2.30. The number of nitrogens with one attached hydrogen (secondary N) is 1. The highest BCUT2D eigenvalue weighted by Crippen LogP contribution is 2.24. The molecule has 0 saturated carbocycles. The van der Waals surface area contributed by atoms with E-state index >= 15 is 0 Å². The van der Waals surface area contributed by atoms with Crippen LogP contribution in [0.1, 0.15) is 12.8 Å². The first kappa shape index (κ1) is 24.7. The van der Waals surface area contributed by atoms with Gasteiger partial charge in [-0.2, -0.15) is 4.99 Å². The average molecular weight is 451 g/mol. The van der Waals surface area contributed by atoms with Crippen LogP contribution in [0.25, 0.3) is 0 Å². The van der Waals surface area contributed by atoms with Crippen molar-refractivity contribution in [2.45, 2.75) is 19.2 Å². The van der Waals surface area contributed by atoms with E-state index < -0.39 is 6.36 Å². The second-order valence-electron chi connectivity index (χ2n) is 6.92. The van der Waals surface area contributed by atoms with Gasteiger partial charge in [-0.25, -0.2) is 9.59 Å². The molecular weight excluding hydrogens is 427 g/mol. The number of hydrogen-bond acceptors (Lipinski definition) is 6. The number of rotatable bonds is 5. The largest absolute Gasteiger partial charge is 0.573 e. The van der Waals surface area contributed by atoms with E-state index in [-0.39, 0.29) is 17.5 Å². The van der Waals surface area contributed by atoms with Crippen molar-refractivity contribution in [1.82, 2.24) is 4.90 Å². The summed E-state index contributed by atoms with van der Waals surface area (Å²) in [7, 11) is 1.44. The van der Waals surface area contributed by atoms with Crippen LogP contribution < -0.4 is 10.1 Å². The van der Waals surface area contributed by atoms with Crippen LogP contribution in [0.15, 0.2) is 59.6 Å². The molecule has 172 valence electrons. The summed E-state index contributed by atoms with van der Waals surface area (Å²) in [5.74, 6) is 0.139. The standard InChI is InChI=1S/C14H20N2O2.C8H4F3NO2/c1-18-14(17)16-9-5-6-12(11-16)10-15-13-7-3-2-4-8-13;9-8(10,11)14-7-3-1-6(2-4-7)12-5-13/h2-4,7-8,12,15H,5-6,9-11H2,1H3;1-4H. The Labute approximate surface area is 183 Å². The normalized spacial score (nSPS) is 15.5. The maximum absolute atomic E-state index is 11.7. The van der Waals surface area contributed by atoms with E-state index in [1.807, 2.05) is 18.2 Å². The number of anilines is 1. The summed E-state index contributed by atoms with van der Waals surface area (Å²) < 4.78 is 43.4. The second-order valence-corrected chi connectivity index (χ2v) is 6.92. The Kier molecular flexibility index (Phi) is 9.56. The highest BCUT2D eigenvalue weighted by atomic mass is 19.4. The summed E-state index contributed by atoms with van der Waals surface area (Å²) >= 11 is 0. The highest BCUT2D eigenvalue weighted by molar-refractivity contribution is 5.67. The van der Waals surface area contributed by atoms with Crippen LogP contribution in [0.4, 0.5) is 29.3 Å². The molecule has 3 rings (SSSR count). The summed E-state index contributed by atoms with van der Waals surface area (Å²) in [4.78, 5) is 26.2. The van der Waals surface area contributed by atoms with Gasteiger partial charge < -0.3 is 19.7 Å². The van der Waals surface area contributed by atoms with E-state index in [0.29, 0.717) is 5.92 Å². The molecule has 32 heavy (non-hydrogen) atoms. The number of carbonyl (C=O) groups excluding carboxylic acids is 2. The number of alkyl halides is 3. The van der Waals surface area contributed by atoms with E-state index in [1.165, 1.54) is 25.3 Å². The van der Waals surface area contributed by atoms with Gasteiger partial charge in [0.15, 0.2) is 0 Å². The third-order valence-corrected chi connectivity index (χ3v) is 4.57. The molecule has 1 atom stereocenters. The zero-order valence-corrected chi connectivity index (χ0v) is 17.5. The van der Waals surface area contributed by atoms with Gasteiger partial charge in [-0.1, -0.05) is 18.2 Å². The van der Waals surface area contributed by atoms with Crippen LogP contribution in [-0.4, -0.2) is 50.2 Å². The predicted octanol–water partition coefficient (Wildman–Crippen LogP) is 5.13. The van der Waals surface area contributed by atoms with Gasteiger partial charge in [-0.05, 0) is 55.2 Å². The Hall–Kier alpha value is -3.52. The molecule has 10 heteroatoms. The lowest BCUT2D eigenvalue weighted by atomic mass is 9.98. The molecule has 2 aromatic carbocycles. The first-order valence-corrected chi connectivity index (χ1v) is 9.86. The molecule has 1 amide bonds. The number of amides is 1. The maximum Gasteiger partial charge on any atom is 0.573 e. The van der Waals surface area contributed by atoms with Crippen molar-refractivity contribution in [3.63, 3.8) is 0 Å². The van der Waals surface area contributed by atoms with Crippen molar-refractivity contribution in [2.24, 2.45) is 10.9 Å². The third-order valence-electron chi connectivity index (χ3n) is 4.57. The van der Waals surface area contributed by atoms with Gasteiger partial charge in [-0.3, -0.25) is 0 Å². The Morgan fingerprint density at radius 3 is 2.47 bits per heavy atom. The molecule has 1 N–H and O–H groups in total. The minimum Gasteiger partial charge on any atom is -0.453 e. The van der Waals surface area contributed by atoms with Crippen LogP contribution in [0, 0.1) is 5.92 Å². The summed E-state index contributed by atoms with van der Waals surface area (Å²) in [5, 5.41) is 3.41. The molecule has 0 aliphatic carbocycles. The minimum atomic E-state index is -4.71. The van der Waals surface area contributed by atoms with E-state index in [2.05, 4.69) is 27.2 Å². The smallest absolute Gasteiger partial charge is 0.453 e. The molecule has 1 unspecified atom stereocenters. The van der Waals surface area contributed by atoms with Gasteiger partial charge in [0.1, 0.15) is 5.75 Å². The number of carbonyl (C=O) groups is 1. The Morgan fingerprint density at radius 1 is 1.19 bits per heavy atom. The topological polar surface area (TPSA) is 80.2 Å². The van der Waals surface area contributed by atoms with Crippen LogP contribution >= 0.6 is 0 Å². The van der Waals surface area contributed by atoms with Gasteiger partial charge >= 0.3 is 12.5 Å². The number of isocyanates is 1. The maximum atomic E-state index is 11.7. The van der Waals surface area contributed by atoms with Crippen molar-refractivity contribution in [2.75, 3.05) is 32.1 Å². The number of ether oxygens (including phenoxy) is 2. The molecule has 1 heterocycles. The molecule has 1 saturated heterocycles. The molecular formula is C22H24F3N3O4. The SMILES string of the molecule is COC(=O)N1CCCC(CNc2ccccc2)C1.O=C=Nc1ccc(OC(F)(F)F)cc1. The van der Waals surface area contributed by atoms with Crippen LogP contribution in [0.3, 0.4) is 0 Å². The summed E-state index contributed by atoms with van der Waals surface area (Å²) in [6.45, 7) is 2.50. The zero-order chi connectivity index (χ0) is 23.4. The average Bonchev–Trinajstić information content (AvgIpc) is 2.79. The Bertz CT molecular complexity index is 886. The van der Waals surface area contributed by atoms with Gasteiger partial charge in [0.05, 0.1) is 12.8 Å². The number of benzene rings is 2. The number of methoxy groups -OCH3 is 1. The number of hydrogen-bond donors (Lipinski definition) is 1. The predicted molar refractivity (Wildman–Crippen MR) is 113 cm³/mol. The van der Waals surface area contributed by atoms with Crippen LogP contribution in [0.2, 0.25) is 0 Å². The minimum absolute atomic E-state index is 0.209. The number of likely N-dealkylation sites (tertiary alicyclic amines) is 1. The number of nitrogens with zero attached hydrogens (tertiary/aromatic N) is 2. The van der Waals surface area contributed by atoms with Gasteiger partial charge in [0.2, 0.25) is 6.08 Å². The Balaban J connectivity index is 0.000000235. The molecule has 1 aliphatic heterocycles. The molecule has 1 aliphatic rings. The first-order chi connectivity index (χ1) is 15.3. The van der Waals surface area contributed by atoms with E-state index in [9.17, 15) is 22.8 Å². The lowest BCUT2D eigenvalue weighted by Crippen LogP contribution is -2.41. The molecule has 0 aromatic heterocycles. The van der Waals surface area contributed by atoms with E-state index in [4.69, 9.17) is 4.74 Å². The molecule has 7 nitrogen and oxygen atoms in total. The zero-order valence-electron chi connectivity index (χ0n) is 17.5. The lowest BCUT2D eigenvalue weighted by Gasteiger charge is -2.31. The van der Waals surface area contributed by atoms with E-state index in [0.717, 1.165) is 50.3 Å². The van der Waals surface area contributed by atoms with Crippen molar-refractivity contribution >= 4 is 23.5 Å². The second kappa shape index (κ2) is 12.4. The fourth-order valence-electron chi connectivity index (χ4n) is 3.12. The number of para-hydroxylation sites is 1. The van der Waals surface area contributed by atoms with Gasteiger partial charge in [-0.15, -0.1) is 13.2 Å². The molecule has 2 aromatic rings. The third kappa shape index (κ3) is 9.09. The number of piperidine rings is 1. The number of halogens is 3. The van der Waals surface area contributed by atoms with Crippen molar-refractivity contribution in [1.29, 1.82) is 0 Å². The first-order valence-electron chi connectivity index (χ1n) is 9.86. The summed E-state index contributed by atoms with van der Waals surface area (Å²) in [5.41, 5.74) is 1.35. The summed E-state index contributed by atoms with van der Waals surface area (Å²) in [6, 6.07) is 14.7. The monoisotopic (exact) mass is 451 g/mol. The van der Waals surface area contributed by atoms with Gasteiger partial charge in [0.25, 0.3) is 0 Å². The Morgan fingerprint density at radius 2 is 1.88 bits per heavy atom. The van der Waals surface area contributed by atoms with Crippen molar-refractivity contribution < 1.29 is 32.2 Å². The van der Waals surface area contributed by atoms with Crippen molar-refractivity contribution in [3.05, 3.63) is 54.6 Å². The molecule has 0 radical (unpaired) electrons. The fourth-order valence-corrected chi connectivity index (χ4v) is 3.12. The molecule has 1 fully saturated rings. The molecule has 0 spiro atoms. The van der Waals surface area contributed by atoms with Crippen LogP contribution in [-0.2, 0) is 9.53 Å². The summed E-state index contributed by atoms with van der Waals surface area (Å²) in [6.07, 6.45) is -1.45. The quantitative estimate of drug-likeness (QED) is 0.504. The number of aliphatic imine (C=N–C) groups is 1. The van der Waals surface area contributed by atoms with Crippen LogP contribution in [0.5, 0.6) is 5.75 Å². The van der Waals surface area contributed by atoms with Crippen molar-refractivity contribution in [3.8, 4) is 5.75 Å². The lowest BCUT2D eigenvalue weighted by molar-refractivity contribution is -0.274.